The van der Waals surface area contributed by atoms with E-state index < -0.39 is 5.31 Å². The Morgan fingerprint density at radius 3 is 1.43 bits per heavy atom. The van der Waals surface area contributed by atoms with E-state index in [1.54, 1.807) is 6.07 Å². The van der Waals surface area contributed by atoms with Crippen LogP contribution in [0.4, 0.5) is 0 Å². The van der Waals surface area contributed by atoms with E-state index in [0.29, 0.717) is 5.56 Å². The average Bonchev–Trinajstić information content (AvgIpc) is 2.85. The van der Waals surface area contributed by atoms with Gasteiger partial charge in [0.1, 0.15) is 0 Å². The van der Waals surface area contributed by atoms with E-state index >= 15 is 0 Å². The first-order valence-corrected chi connectivity index (χ1v) is 13.9. The molecular formula is C26H22BrO2P. The molecule has 0 spiro atoms. The molecule has 0 aliphatic carbocycles. The molecule has 4 aromatic rings. The standard InChI is InChI=1S/C26H22BrO2P/c1-29-26(28)21-12-11-19-25(20-21)30(27,22-13-5-2-6-14-22,23-15-7-3-8-16-23)24-17-9-4-10-18-24/h2-20H,1H3. The molecule has 0 aromatic heterocycles. The zero-order valence-corrected chi connectivity index (χ0v) is 19.1. The zero-order chi connectivity index (χ0) is 21.1. The number of ether oxygens (including phenoxy) is 1. The van der Waals surface area contributed by atoms with Crippen LogP contribution >= 0.6 is 20.8 Å². The van der Waals surface area contributed by atoms with Crippen molar-refractivity contribution < 1.29 is 9.53 Å². The van der Waals surface area contributed by atoms with Crippen molar-refractivity contribution in [3.63, 3.8) is 0 Å². The molecule has 0 amide bonds. The third-order valence-electron chi connectivity index (χ3n) is 5.48. The predicted molar refractivity (Wildman–Crippen MR) is 131 cm³/mol. The van der Waals surface area contributed by atoms with E-state index in [-0.39, 0.29) is 5.97 Å². The molecule has 0 aliphatic rings. The van der Waals surface area contributed by atoms with E-state index in [0.717, 1.165) is 5.30 Å². The Balaban J connectivity index is 2.20. The third-order valence-corrected chi connectivity index (χ3v) is 15.4. The van der Waals surface area contributed by atoms with E-state index in [2.05, 4.69) is 94.4 Å². The number of hydrogen-bond donors (Lipinski definition) is 0. The summed E-state index contributed by atoms with van der Waals surface area (Å²) in [5.41, 5.74) is 0.534. The Bertz CT molecular complexity index is 1060. The van der Waals surface area contributed by atoms with Crippen molar-refractivity contribution >= 4 is 48.0 Å². The molecule has 2 nitrogen and oxygen atoms in total. The monoisotopic (exact) mass is 476 g/mol. The Morgan fingerprint density at radius 1 is 0.633 bits per heavy atom. The minimum absolute atomic E-state index is 0.344. The van der Waals surface area contributed by atoms with Gasteiger partial charge in [-0.15, -0.1) is 0 Å². The van der Waals surface area contributed by atoms with Crippen molar-refractivity contribution in [3.05, 3.63) is 121 Å². The number of hydrogen-bond acceptors (Lipinski definition) is 2. The van der Waals surface area contributed by atoms with Gasteiger partial charge in [-0.3, -0.25) is 0 Å². The van der Waals surface area contributed by atoms with Crippen LogP contribution in [0.15, 0.2) is 115 Å². The molecular weight excluding hydrogens is 455 g/mol. The summed E-state index contributed by atoms with van der Waals surface area (Å²) < 4.78 is 5.01. The molecule has 0 N–H and O–H groups in total. The SMILES string of the molecule is COC(=O)c1cccc(P(Br)(c2ccccc2)(c2ccccc2)c2ccccc2)c1. The maximum atomic E-state index is 12.4. The molecule has 0 saturated heterocycles. The van der Waals surface area contributed by atoms with Gasteiger partial charge in [0.25, 0.3) is 0 Å². The normalized spacial score (nSPS) is 12.5. The number of methoxy groups -OCH3 is 1. The van der Waals surface area contributed by atoms with Gasteiger partial charge in [-0.25, -0.2) is 0 Å². The molecule has 4 heteroatoms. The first kappa shape index (κ1) is 20.5. The molecule has 0 unspecified atom stereocenters. The van der Waals surface area contributed by atoms with Crippen LogP contribution in [0.3, 0.4) is 0 Å². The summed E-state index contributed by atoms with van der Waals surface area (Å²) in [6.07, 6.45) is 0. The fourth-order valence-electron chi connectivity index (χ4n) is 4.03. The Morgan fingerprint density at radius 2 is 1.03 bits per heavy atom. The fraction of sp³-hybridized carbons (Fsp3) is 0.0385. The maximum absolute atomic E-state index is 12.4. The van der Waals surface area contributed by atoms with Crippen molar-refractivity contribution in [2.45, 2.75) is 0 Å². The second kappa shape index (κ2) is 8.18. The number of rotatable bonds is 5. The van der Waals surface area contributed by atoms with Gasteiger partial charge in [0.05, 0.1) is 0 Å². The van der Waals surface area contributed by atoms with Gasteiger partial charge in [0.15, 0.2) is 0 Å². The van der Waals surface area contributed by atoms with Crippen molar-refractivity contribution in [2.24, 2.45) is 0 Å². The molecule has 4 aromatic carbocycles. The van der Waals surface area contributed by atoms with Crippen molar-refractivity contribution in [1.82, 2.24) is 0 Å². The molecule has 0 fully saturated rings. The van der Waals surface area contributed by atoms with Gasteiger partial charge in [0, 0.05) is 0 Å². The number of halogens is 1. The van der Waals surface area contributed by atoms with Crippen LogP contribution < -0.4 is 21.2 Å². The van der Waals surface area contributed by atoms with Gasteiger partial charge in [-0.1, -0.05) is 0 Å². The van der Waals surface area contributed by atoms with E-state index in [9.17, 15) is 4.79 Å². The van der Waals surface area contributed by atoms with E-state index in [1.165, 1.54) is 23.0 Å². The zero-order valence-electron chi connectivity index (χ0n) is 16.6. The van der Waals surface area contributed by atoms with Crippen LogP contribution in [-0.4, -0.2) is 13.1 Å². The van der Waals surface area contributed by atoms with Crippen LogP contribution in [0.5, 0.6) is 0 Å². The summed E-state index contributed by atoms with van der Waals surface area (Å²) in [5.74, 6) is -0.344. The second-order valence-electron chi connectivity index (χ2n) is 7.06. The van der Waals surface area contributed by atoms with E-state index in [1.807, 2.05) is 30.3 Å². The minimum atomic E-state index is -3.31. The van der Waals surface area contributed by atoms with Crippen LogP contribution in [-0.2, 0) is 4.74 Å². The number of esters is 1. The Labute approximate surface area is 185 Å². The first-order valence-electron chi connectivity index (χ1n) is 9.68. The van der Waals surface area contributed by atoms with Gasteiger partial charge < -0.3 is 0 Å². The van der Waals surface area contributed by atoms with Gasteiger partial charge in [-0.2, -0.15) is 0 Å². The second-order valence-corrected chi connectivity index (χ2v) is 15.4. The molecule has 150 valence electrons. The summed E-state index contributed by atoms with van der Waals surface area (Å²) in [6, 6.07) is 39.2. The van der Waals surface area contributed by atoms with Crippen molar-refractivity contribution in [1.29, 1.82) is 0 Å². The Hall–Kier alpha value is -2.74. The molecule has 0 atom stereocenters. The number of carbonyl (C=O) groups excluding carboxylic acids is 1. The Kier molecular flexibility index (Phi) is 5.60. The summed E-state index contributed by atoms with van der Waals surface area (Å²) >= 11 is 4.41. The summed E-state index contributed by atoms with van der Waals surface area (Å²) in [5, 5.41) is 1.25. The summed E-state index contributed by atoms with van der Waals surface area (Å²) in [6.45, 7) is 0. The molecule has 0 bridgehead atoms. The van der Waals surface area contributed by atoms with Gasteiger partial charge in [0.2, 0.25) is 0 Å². The summed E-state index contributed by atoms with van der Waals surface area (Å²) in [7, 11) is 1.41. The van der Waals surface area contributed by atoms with Crippen LogP contribution in [0.2, 0.25) is 0 Å². The topological polar surface area (TPSA) is 26.3 Å². The number of benzene rings is 4. The average molecular weight is 477 g/mol. The van der Waals surface area contributed by atoms with Crippen LogP contribution in [0, 0.1) is 0 Å². The molecule has 4 rings (SSSR count). The van der Waals surface area contributed by atoms with E-state index in [4.69, 9.17) is 4.74 Å². The molecule has 30 heavy (non-hydrogen) atoms. The number of carbonyl (C=O) groups is 1. The summed E-state index contributed by atoms with van der Waals surface area (Å²) in [4.78, 5) is 12.4. The molecule has 0 radical (unpaired) electrons. The predicted octanol–water partition coefficient (Wildman–Crippen LogP) is 4.94. The fourth-order valence-corrected chi connectivity index (χ4v) is 11.6. The molecule has 0 heterocycles. The molecule has 0 saturated carbocycles. The molecule has 0 aliphatic heterocycles. The van der Waals surface area contributed by atoms with Crippen molar-refractivity contribution in [2.75, 3.05) is 7.11 Å². The van der Waals surface area contributed by atoms with Crippen molar-refractivity contribution in [3.8, 4) is 0 Å². The van der Waals surface area contributed by atoms with Gasteiger partial charge >= 0.3 is 185 Å². The van der Waals surface area contributed by atoms with Crippen LogP contribution in [0.25, 0.3) is 0 Å². The first-order chi connectivity index (χ1) is 14.6. The third kappa shape index (κ3) is 3.10. The van der Waals surface area contributed by atoms with Crippen LogP contribution in [0.1, 0.15) is 10.4 Å². The van der Waals surface area contributed by atoms with Gasteiger partial charge in [-0.05, 0) is 0 Å². The quantitative estimate of drug-likeness (QED) is 0.301.